The normalized spacial score (nSPS) is 10.8. The van der Waals surface area contributed by atoms with Crippen molar-refractivity contribution in [1.82, 2.24) is 5.32 Å². The molecular formula is C36H53NO7. The zero-order chi connectivity index (χ0) is 31.7. The average Bonchev–Trinajstić information content (AvgIpc) is 3.03. The lowest BCUT2D eigenvalue weighted by molar-refractivity contribution is -0.140. The second-order valence-electron chi connectivity index (χ2n) is 11.2. The van der Waals surface area contributed by atoms with E-state index in [0.29, 0.717) is 37.5 Å². The molecule has 0 radical (unpaired) electrons. The van der Waals surface area contributed by atoms with Crippen molar-refractivity contribution in [1.29, 1.82) is 0 Å². The summed E-state index contributed by atoms with van der Waals surface area (Å²) in [5, 5.41) is 4.83. The number of carbonyl (C=O) groups excluding carboxylic acids is 3. The van der Waals surface area contributed by atoms with E-state index >= 15 is 0 Å². The van der Waals surface area contributed by atoms with Gasteiger partial charge in [0.2, 0.25) is 0 Å². The average molecular weight is 612 g/mol. The molecule has 0 saturated heterocycles. The zero-order valence-electron chi connectivity index (χ0n) is 26.7. The predicted octanol–water partition coefficient (Wildman–Crippen LogP) is 8.32. The van der Waals surface area contributed by atoms with Gasteiger partial charge in [-0.25, -0.2) is 14.4 Å². The molecule has 0 heterocycles. The van der Waals surface area contributed by atoms with Crippen molar-refractivity contribution in [2.75, 3.05) is 39.6 Å². The lowest BCUT2D eigenvalue weighted by Crippen LogP contribution is -2.28. The molecule has 1 amide bonds. The van der Waals surface area contributed by atoms with Crippen molar-refractivity contribution in [3.05, 3.63) is 60.2 Å². The first-order valence-corrected chi connectivity index (χ1v) is 16.4. The Bertz CT molecular complexity index is 1120. The van der Waals surface area contributed by atoms with Crippen LogP contribution < -0.4 is 5.32 Å². The van der Waals surface area contributed by atoms with Gasteiger partial charge in [-0.2, -0.15) is 0 Å². The van der Waals surface area contributed by atoms with E-state index in [1.54, 1.807) is 6.92 Å². The number of hydrogen-bond donors (Lipinski definition) is 1. The third-order valence-corrected chi connectivity index (χ3v) is 7.32. The number of unbranched alkanes of at least 4 members (excludes halogenated alkanes) is 13. The Hall–Kier alpha value is -3.39. The number of ether oxygens (including phenoxy) is 4. The van der Waals surface area contributed by atoms with Gasteiger partial charge in [0.1, 0.15) is 6.61 Å². The van der Waals surface area contributed by atoms with Crippen LogP contribution in [-0.4, -0.2) is 57.6 Å². The molecule has 1 N–H and O–H groups in total. The van der Waals surface area contributed by atoms with Crippen LogP contribution in [-0.2, 0) is 23.7 Å². The fraction of sp³-hybridized carbons (Fsp3) is 0.583. The van der Waals surface area contributed by atoms with Crippen molar-refractivity contribution in [2.45, 2.75) is 96.8 Å². The van der Waals surface area contributed by atoms with Gasteiger partial charge < -0.3 is 24.3 Å². The fourth-order valence-corrected chi connectivity index (χ4v) is 4.75. The van der Waals surface area contributed by atoms with Gasteiger partial charge in [-0.15, -0.1) is 0 Å². The van der Waals surface area contributed by atoms with E-state index in [-0.39, 0.29) is 19.2 Å². The van der Waals surface area contributed by atoms with Crippen LogP contribution in [0.15, 0.2) is 54.6 Å². The smallest absolute Gasteiger partial charge is 0.407 e. The second kappa shape index (κ2) is 24.0. The summed E-state index contributed by atoms with van der Waals surface area (Å²) in [6.45, 7) is 7.12. The molecular weight excluding hydrogens is 558 g/mol. The summed E-state index contributed by atoms with van der Waals surface area (Å²) in [7, 11) is 0. The quantitative estimate of drug-likeness (QED) is 0.0521. The topological polar surface area (TPSA) is 100 Å². The van der Waals surface area contributed by atoms with E-state index in [4.69, 9.17) is 18.9 Å². The number of rotatable bonds is 25. The molecule has 0 saturated carbocycles. The number of hydrogen-bond acceptors (Lipinski definition) is 7. The van der Waals surface area contributed by atoms with Crippen LogP contribution in [0.4, 0.5) is 4.79 Å². The molecule has 0 aliphatic heterocycles. The molecule has 0 spiro atoms. The highest BCUT2D eigenvalue weighted by atomic mass is 16.6. The second-order valence-corrected chi connectivity index (χ2v) is 11.2. The molecule has 44 heavy (non-hydrogen) atoms. The Morgan fingerprint density at radius 1 is 0.614 bits per heavy atom. The van der Waals surface area contributed by atoms with Crippen LogP contribution in [0.25, 0.3) is 10.8 Å². The predicted molar refractivity (Wildman–Crippen MR) is 175 cm³/mol. The molecule has 0 aliphatic rings. The molecule has 2 aromatic rings. The van der Waals surface area contributed by atoms with Gasteiger partial charge in [-0.1, -0.05) is 114 Å². The largest absolute Gasteiger partial charge is 0.462 e. The van der Waals surface area contributed by atoms with E-state index in [1.807, 2.05) is 42.5 Å². The van der Waals surface area contributed by atoms with Crippen LogP contribution in [0.5, 0.6) is 0 Å². The minimum atomic E-state index is -0.433. The van der Waals surface area contributed by atoms with E-state index in [0.717, 1.165) is 36.5 Å². The number of esters is 2. The Balaban J connectivity index is 1.26. The maximum absolute atomic E-state index is 12.3. The van der Waals surface area contributed by atoms with Crippen LogP contribution in [0.1, 0.15) is 107 Å². The molecule has 2 aromatic carbocycles. The SMILES string of the molecule is C=C(C)C(=O)OCCOCCNC(=O)OCCCCCCCCCCCCCCCCOC(=O)c1ccc2ccccc2c1. The van der Waals surface area contributed by atoms with Gasteiger partial charge in [0.15, 0.2) is 0 Å². The Morgan fingerprint density at radius 3 is 1.75 bits per heavy atom. The summed E-state index contributed by atoms with van der Waals surface area (Å²) in [4.78, 5) is 35.2. The molecule has 0 aliphatic carbocycles. The Kier molecular flexibility index (Phi) is 20.1. The van der Waals surface area contributed by atoms with Gasteiger partial charge in [0.25, 0.3) is 0 Å². The van der Waals surface area contributed by atoms with Gasteiger partial charge in [0, 0.05) is 12.1 Å². The third-order valence-electron chi connectivity index (χ3n) is 7.32. The number of nitrogens with one attached hydrogen (secondary N) is 1. The first kappa shape index (κ1) is 36.8. The minimum Gasteiger partial charge on any atom is -0.462 e. The molecule has 8 heteroatoms. The maximum Gasteiger partial charge on any atom is 0.407 e. The summed E-state index contributed by atoms with van der Waals surface area (Å²) in [6, 6.07) is 13.7. The van der Waals surface area contributed by atoms with Crippen LogP contribution in [0, 0.1) is 0 Å². The molecule has 0 bridgehead atoms. The maximum atomic E-state index is 12.3. The molecule has 0 atom stereocenters. The van der Waals surface area contributed by atoms with Crippen molar-refractivity contribution in [3.63, 3.8) is 0 Å². The highest BCUT2D eigenvalue weighted by Crippen LogP contribution is 2.17. The molecule has 0 fully saturated rings. The fourth-order valence-electron chi connectivity index (χ4n) is 4.75. The zero-order valence-corrected chi connectivity index (χ0v) is 26.7. The van der Waals surface area contributed by atoms with Gasteiger partial charge in [-0.3, -0.25) is 0 Å². The third kappa shape index (κ3) is 17.7. The monoisotopic (exact) mass is 611 g/mol. The number of benzene rings is 2. The summed E-state index contributed by atoms with van der Waals surface area (Å²) in [6.07, 6.45) is 16.2. The Labute approximate surface area is 263 Å². The molecule has 2 rings (SSSR count). The first-order valence-electron chi connectivity index (χ1n) is 16.4. The standard InChI is InChI=1S/C36H53NO7/c1-30(2)34(38)43-28-27-41-26-23-37-36(40)44-25-18-14-12-10-8-6-4-3-5-7-9-11-13-17-24-42-35(39)33-22-21-31-19-15-16-20-32(31)29-33/h15-16,19-22,29H,1,3-14,17-18,23-28H2,2H3,(H,37,40). The Morgan fingerprint density at radius 2 is 1.16 bits per heavy atom. The lowest BCUT2D eigenvalue weighted by atomic mass is 10.0. The van der Waals surface area contributed by atoms with Crippen LogP contribution >= 0.6 is 0 Å². The minimum absolute atomic E-state index is 0.161. The van der Waals surface area contributed by atoms with Crippen molar-refractivity contribution in [3.8, 4) is 0 Å². The summed E-state index contributed by atoms with van der Waals surface area (Å²) >= 11 is 0. The number of amides is 1. The first-order chi connectivity index (χ1) is 21.5. The van der Waals surface area contributed by atoms with Crippen molar-refractivity contribution >= 4 is 28.8 Å². The van der Waals surface area contributed by atoms with Crippen LogP contribution in [0.3, 0.4) is 0 Å². The van der Waals surface area contributed by atoms with Crippen molar-refractivity contribution in [2.24, 2.45) is 0 Å². The van der Waals surface area contributed by atoms with Gasteiger partial charge >= 0.3 is 18.0 Å². The van der Waals surface area contributed by atoms with E-state index in [2.05, 4.69) is 11.9 Å². The molecule has 8 nitrogen and oxygen atoms in total. The van der Waals surface area contributed by atoms with Crippen molar-refractivity contribution < 1.29 is 33.3 Å². The molecule has 244 valence electrons. The summed E-state index contributed by atoms with van der Waals surface area (Å²) < 4.78 is 20.8. The van der Waals surface area contributed by atoms with E-state index < -0.39 is 12.1 Å². The molecule has 0 aromatic heterocycles. The summed E-state index contributed by atoms with van der Waals surface area (Å²) in [5.74, 6) is -0.666. The summed E-state index contributed by atoms with van der Waals surface area (Å²) in [5.41, 5.74) is 0.974. The van der Waals surface area contributed by atoms with Gasteiger partial charge in [0.05, 0.1) is 32.0 Å². The number of fused-ring (bicyclic) bond motifs is 1. The highest BCUT2D eigenvalue weighted by Gasteiger charge is 2.08. The highest BCUT2D eigenvalue weighted by molar-refractivity contribution is 5.95. The van der Waals surface area contributed by atoms with Crippen LogP contribution in [0.2, 0.25) is 0 Å². The number of carbonyl (C=O) groups is 3. The molecule has 0 unspecified atom stereocenters. The van der Waals surface area contributed by atoms with E-state index in [1.165, 1.54) is 64.2 Å². The lowest BCUT2D eigenvalue weighted by Gasteiger charge is -2.08. The van der Waals surface area contributed by atoms with E-state index in [9.17, 15) is 14.4 Å². The van der Waals surface area contributed by atoms with Gasteiger partial charge in [-0.05, 0) is 42.7 Å². The number of alkyl carbamates (subject to hydrolysis) is 1.